The van der Waals surface area contributed by atoms with Gasteiger partial charge in [-0.2, -0.15) is 0 Å². The smallest absolute Gasteiger partial charge is 0.258 e. The van der Waals surface area contributed by atoms with Crippen molar-refractivity contribution in [2.45, 2.75) is 33.5 Å². The zero-order valence-corrected chi connectivity index (χ0v) is 16.0. The van der Waals surface area contributed by atoms with Crippen molar-refractivity contribution in [3.05, 3.63) is 100 Å². The van der Waals surface area contributed by atoms with E-state index in [2.05, 4.69) is 50.4 Å². The van der Waals surface area contributed by atoms with Crippen molar-refractivity contribution >= 4 is 11.6 Å². The van der Waals surface area contributed by atoms with Crippen LogP contribution in [-0.4, -0.2) is 10.8 Å². The molecule has 0 bridgehead atoms. The molecule has 3 aromatic rings. The largest absolute Gasteiger partial charge is 0.361 e. The summed E-state index contributed by atoms with van der Waals surface area (Å²) in [5.74, 6) is 0.0672. The quantitative estimate of drug-likeness (QED) is 0.683. The Hall–Kier alpha value is -3.07. The average molecular weight is 356 g/mol. The Kier molecular flexibility index (Phi) is 4.44. The third-order valence-corrected chi connectivity index (χ3v) is 5.23. The number of anilines is 1. The Morgan fingerprint density at radius 1 is 0.889 bits per heavy atom. The van der Waals surface area contributed by atoms with Crippen molar-refractivity contribution in [3.8, 4) is 0 Å². The van der Waals surface area contributed by atoms with Crippen LogP contribution in [0.15, 0.2) is 66.7 Å². The van der Waals surface area contributed by atoms with Gasteiger partial charge in [-0.25, -0.2) is 0 Å². The van der Waals surface area contributed by atoms with Gasteiger partial charge in [0.2, 0.25) is 0 Å². The van der Waals surface area contributed by atoms with Crippen LogP contribution in [0, 0.1) is 20.8 Å². The monoisotopic (exact) mass is 356 g/mol. The predicted octanol–water partition coefficient (Wildman–Crippen LogP) is 5.38. The van der Waals surface area contributed by atoms with Crippen LogP contribution in [0.25, 0.3) is 0 Å². The van der Waals surface area contributed by atoms with E-state index in [9.17, 15) is 4.79 Å². The molecule has 1 aliphatic rings. The van der Waals surface area contributed by atoms with E-state index in [4.69, 9.17) is 0 Å². The Morgan fingerprint density at radius 2 is 1.52 bits per heavy atom. The lowest BCUT2D eigenvalue weighted by molar-refractivity contribution is 0.0665. The first-order valence-electron chi connectivity index (χ1n) is 9.33. The molecular formula is C24H24N2O. The number of carbonyl (C=O) groups is 1. The first-order chi connectivity index (χ1) is 13.0. The standard InChI is InChI=1S/C24H24N2O/c1-16-13-17(2)22(18(3)14-16)23-25-21-12-8-7-11-20(21)24(27)26(23)15-19-9-5-4-6-10-19/h4-14,23,25H,15H2,1-3H3. The molecule has 3 aromatic carbocycles. The van der Waals surface area contributed by atoms with Crippen LogP contribution in [0.1, 0.15) is 44.3 Å². The first kappa shape index (κ1) is 17.3. The Morgan fingerprint density at radius 3 is 2.22 bits per heavy atom. The SMILES string of the molecule is Cc1cc(C)c(C2Nc3ccccc3C(=O)N2Cc2ccccc2)c(C)c1. The summed E-state index contributed by atoms with van der Waals surface area (Å²) < 4.78 is 0. The second kappa shape index (κ2) is 6.92. The minimum atomic E-state index is -0.187. The third kappa shape index (κ3) is 3.21. The van der Waals surface area contributed by atoms with E-state index >= 15 is 0 Å². The lowest BCUT2D eigenvalue weighted by Crippen LogP contribution is -2.43. The van der Waals surface area contributed by atoms with Gasteiger partial charge in [0, 0.05) is 17.8 Å². The van der Waals surface area contributed by atoms with Gasteiger partial charge in [0.25, 0.3) is 5.91 Å². The zero-order valence-electron chi connectivity index (χ0n) is 16.0. The molecule has 3 nitrogen and oxygen atoms in total. The van der Waals surface area contributed by atoms with Crippen molar-refractivity contribution in [2.24, 2.45) is 0 Å². The fourth-order valence-corrected chi connectivity index (χ4v) is 4.09. The summed E-state index contributed by atoms with van der Waals surface area (Å²) in [5.41, 5.74) is 7.58. The summed E-state index contributed by atoms with van der Waals surface area (Å²) in [6.07, 6.45) is -0.187. The second-order valence-corrected chi connectivity index (χ2v) is 7.32. The number of benzene rings is 3. The second-order valence-electron chi connectivity index (χ2n) is 7.32. The van der Waals surface area contributed by atoms with E-state index in [1.165, 1.54) is 22.3 Å². The van der Waals surface area contributed by atoms with Gasteiger partial charge in [-0.3, -0.25) is 4.79 Å². The Balaban J connectivity index is 1.83. The molecule has 1 atom stereocenters. The summed E-state index contributed by atoms with van der Waals surface area (Å²) in [4.78, 5) is 15.3. The average Bonchev–Trinajstić information content (AvgIpc) is 2.65. The van der Waals surface area contributed by atoms with E-state index in [1.807, 2.05) is 47.4 Å². The highest BCUT2D eigenvalue weighted by Crippen LogP contribution is 2.37. The molecule has 136 valence electrons. The van der Waals surface area contributed by atoms with Gasteiger partial charge in [-0.1, -0.05) is 60.2 Å². The Labute approximate surface area is 160 Å². The van der Waals surface area contributed by atoms with Crippen molar-refractivity contribution in [2.75, 3.05) is 5.32 Å². The van der Waals surface area contributed by atoms with Gasteiger partial charge in [0.1, 0.15) is 6.17 Å². The number of aryl methyl sites for hydroxylation is 3. The molecule has 0 aromatic heterocycles. The topological polar surface area (TPSA) is 32.3 Å². The highest BCUT2D eigenvalue weighted by atomic mass is 16.2. The molecule has 0 radical (unpaired) electrons. The van der Waals surface area contributed by atoms with Crippen LogP contribution in [0.2, 0.25) is 0 Å². The number of carbonyl (C=O) groups excluding carboxylic acids is 1. The van der Waals surface area contributed by atoms with Gasteiger partial charge >= 0.3 is 0 Å². The molecule has 1 unspecified atom stereocenters. The fourth-order valence-electron chi connectivity index (χ4n) is 4.09. The van der Waals surface area contributed by atoms with Crippen LogP contribution in [0.5, 0.6) is 0 Å². The van der Waals surface area contributed by atoms with E-state index in [0.29, 0.717) is 6.54 Å². The third-order valence-electron chi connectivity index (χ3n) is 5.23. The number of hydrogen-bond donors (Lipinski definition) is 1. The van der Waals surface area contributed by atoms with Gasteiger partial charge < -0.3 is 10.2 Å². The summed E-state index contributed by atoms with van der Waals surface area (Å²) in [6.45, 7) is 6.93. The summed E-state index contributed by atoms with van der Waals surface area (Å²) in [5, 5.41) is 3.62. The van der Waals surface area contributed by atoms with Crippen LogP contribution in [0.4, 0.5) is 5.69 Å². The minimum absolute atomic E-state index is 0.0672. The lowest BCUT2D eigenvalue weighted by Gasteiger charge is -2.39. The van der Waals surface area contributed by atoms with E-state index in [0.717, 1.165) is 16.8 Å². The lowest BCUT2D eigenvalue weighted by atomic mass is 9.94. The number of nitrogens with one attached hydrogen (secondary N) is 1. The van der Waals surface area contributed by atoms with Gasteiger partial charge in [-0.15, -0.1) is 0 Å². The fraction of sp³-hybridized carbons (Fsp3) is 0.208. The van der Waals surface area contributed by atoms with Crippen molar-refractivity contribution in [1.29, 1.82) is 0 Å². The first-order valence-corrected chi connectivity index (χ1v) is 9.33. The minimum Gasteiger partial charge on any atom is -0.361 e. The summed E-state index contributed by atoms with van der Waals surface area (Å²) in [6, 6.07) is 22.3. The number of amides is 1. The van der Waals surface area contributed by atoms with E-state index < -0.39 is 0 Å². The van der Waals surface area contributed by atoms with Crippen LogP contribution in [-0.2, 0) is 6.54 Å². The molecule has 0 saturated carbocycles. The van der Waals surface area contributed by atoms with Crippen molar-refractivity contribution < 1.29 is 4.79 Å². The molecule has 4 rings (SSSR count). The molecule has 1 N–H and O–H groups in total. The molecule has 27 heavy (non-hydrogen) atoms. The number of rotatable bonds is 3. The molecule has 0 saturated heterocycles. The van der Waals surface area contributed by atoms with Gasteiger partial charge in [0.05, 0.1) is 5.56 Å². The van der Waals surface area contributed by atoms with Crippen LogP contribution < -0.4 is 5.32 Å². The molecule has 1 heterocycles. The van der Waals surface area contributed by atoms with E-state index in [-0.39, 0.29) is 12.1 Å². The van der Waals surface area contributed by atoms with Crippen LogP contribution in [0.3, 0.4) is 0 Å². The summed E-state index contributed by atoms with van der Waals surface area (Å²) >= 11 is 0. The predicted molar refractivity (Wildman–Crippen MR) is 110 cm³/mol. The van der Waals surface area contributed by atoms with Gasteiger partial charge in [-0.05, 0) is 49.6 Å². The number of nitrogens with zero attached hydrogens (tertiary/aromatic N) is 1. The van der Waals surface area contributed by atoms with Crippen molar-refractivity contribution in [1.82, 2.24) is 4.90 Å². The zero-order chi connectivity index (χ0) is 19.0. The maximum absolute atomic E-state index is 13.4. The van der Waals surface area contributed by atoms with Gasteiger partial charge in [0.15, 0.2) is 0 Å². The maximum atomic E-state index is 13.4. The number of fused-ring (bicyclic) bond motifs is 1. The van der Waals surface area contributed by atoms with E-state index in [1.54, 1.807) is 0 Å². The maximum Gasteiger partial charge on any atom is 0.258 e. The molecule has 1 aliphatic heterocycles. The Bertz CT molecular complexity index is 971. The molecule has 0 fully saturated rings. The number of hydrogen-bond acceptors (Lipinski definition) is 2. The highest BCUT2D eigenvalue weighted by molar-refractivity contribution is 6.01. The molecule has 1 amide bonds. The molecule has 3 heteroatoms. The molecule has 0 aliphatic carbocycles. The molecule has 0 spiro atoms. The molecular weight excluding hydrogens is 332 g/mol. The van der Waals surface area contributed by atoms with Crippen LogP contribution >= 0.6 is 0 Å². The van der Waals surface area contributed by atoms with Crippen molar-refractivity contribution in [3.63, 3.8) is 0 Å². The number of para-hydroxylation sites is 1. The highest BCUT2D eigenvalue weighted by Gasteiger charge is 2.34. The normalized spacial score (nSPS) is 16.0. The summed E-state index contributed by atoms with van der Waals surface area (Å²) in [7, 11) is 0.